The average Bonchev–Trinajstić information content (AvgIpc) is 2.40. The van der Waals surface area contributed by atoms with Crippen LogP contribution in [0.25, 0.3) is 0 Å². The molecule has 4 nitrogen and oxygen atoms in total. The molecular weight excluding hydrogens is 283 g/mol. The van der Waals surface area contributed by atoms with Gasteiger partial charge in [-0.05, 0) is 37.8 Å². The van der Waals surface area contributed by atoms with E-state index in [9.17, 15) is 9.18 Å². The Morgan fingerprint density at radius 1 is 1.30 bits per heavy atom. The van der Waals surface area contributed by atoms with Crippen LogP contribution in [0.4, 0.5) is 4.39 Å². The van der Waals surface area contributed by atoms with E-state index in [1.807, 2.05) is 0 Å². The van der Waals surface area contributed by atoms with Crippen molar-refractivity contribution in [1.82, 2.24) is 5.32 Å². The highest BCUT2D eigenvalue weighted by atomic mass is 35.5. The second-order valence-corrected chi connectivity index (χ2v) is 4.90. The second-order valence-electron chi connectivity index (χ2n) is 4.90. The lowest BCUT2D eigenvalue weighted by Gasteiger charge is -2.26. The molecule has 2 rings (SSSR count). The fraction of sp³-hybridized carbons (Fsp3) is 0.500. The van der Waals surface area contributed by atoms with Crippen molar-refractivity contribution < 1.29 is 13.9 Å². The van der Waals surface area contributed by atoms with Gasteiger partial charge in [0.1, 0.15) is 0 Å². The van der Waals surface area contributed by atoms with Gasteiger partial charge in [0.2, 0.25) is 0 Å². The van der Waals surface area contributed by atoms with E-state index >= 15 is 0 Å². The van der Waals surface area contributed by atoms with Gasteiger partial charge in [-0.1, -0.05) is 12.1 Å². The van der Waals surface area contributed by atoms with Crippen molar-refractivity contribution in [3.63, 3.8) is 0 Å². The summed E-state index contributed by atoms with van der Waals surface area (Å²) in [7, 11) is 0. The van der Waals surface area contributed by atoms with Gasteiger partial charge in [-0.15, -0.1) is 12.4 Å². The first kappa shape index (κ1) is 16.7. The Balaban J connectivity index is 0.00000200. The van der Waals surface area contributed by atoms with Gasteiger partial charge in [-0.25, -0.2) is 4.39 Å². The molecule has 0 spiro atoms. The van der Waals surface area contributed by atoms with Gasteiger partial charge < -0.3 is 15.8 Å². The van der Waals surface area contributed by atoms with E-state index in [0.29, 0.717) is 0 Å². The molecule has 0 saturated heterocycles. The van der Waals surface area contributed by atoms with Crippen molar-refractivity contribution in [2.24, 2.45) is 5.73 Å². The lowest BCUT2D eigenvalue weighted by atomic mass is 9.92. The third-order valence-corrected chi connectivity index (χ3v) is 3.33. The maximum absolute atomic E-state index is 13.3. The third kappa shape index (κ3) is 4.98. The van der Waals surface area contributed by atoms with E-state index in [4.69, 9.17) is 10.5 Å². The summed E-state index contributed by atoms with van der Waals surface area (Å²) in [5, 5.41) is 2.89. The lowest BCUT2D eigenvalue weighted by Crippen LogP contribution is -2.42. The predicted molar refractivity (Wildman–Crippen MR) is 77.5 cm³/mol. The van der Waals surface area contributed by atoms with Crippen molar-refractivity contribution in [2.45, 2.75) is 37.8 Å². The summed E-state index contributed by atoms with van der Waals surface area (Å²) in [4.78, 5) is 11.7. The van der Waals surface area contributed by atoms with Crippen LogP contribution in [-0.4, -0.2) is 24.6 Å². The molecule has 0 atom stereocenters. The van der Waals surface area contributed by atoms with E-state index in [0.717, 1.165) is 25.7 Å². The van der Waals surface area contributed by atoms with Gasteiger partial charge >= 0.3 is 0 Å². The summed E-state index contributed by atoms with van der Waals surface area (Å²) in [6.45, 7) is -0.163. The molecule has 0 radical (unpaired) electrons. The Kier molecular flexibility index (Phi) is 6.75. The van der Waals surface area contributed by atoms with E-state index in [-0.39, 0.29) is 42.8 Å². The maximum atomic E-state index is 13.3. The molecule has 6 heteroatoms. The average molecular weight is 303 g/mol. The smallest absolute Gasteiger partial charge is 0.258 e. The summed E-state index contributed by atoms with van der Waals surface area (Å²) in [5.41, 5.74) is 5.80. The van der Waals surface area contributed by atoms with Crippen LogP contribution in [0.2, 0.25) is 0 Å². The number of carbonyl (C=O) groups is 1. The molecule has 1 aromatic rings. The Hall–Kier alpha value is -1.33. The van der Waals surface area contributed by atoms with Gasteiger partial charge in [0.25, 0.3) is 5.91 Å². The van der Waals surface area contributed by atoms with Crippen LogP contribution in [0.15, 0.2) is 24.3 Å². The molecule has 1 aliphatic carbocycles. The van der Waals surface area contributed by atoms with Crippen LogP contribution in [0.1, 0.15) is 25.7 Å². The molecule has 0 bridgehead atoms. The summed E-state index contributed by atoms with van der Waals surface area (Å²) in [5.74, 6) is -0.578. The summed E-state index contributed by atoms with van der Waals surface area (Å²) >= 11 is 0. The minimum absolute atomic E-state index is 0. The number of hydrogen-bond donors (Lipinski definition) is 2. The zero-order chi connectivity index (χ0) is 13.7. The van der Waals surface area contributed by atoms with Gasteiger partial charge in [0.15, 0.2) is 18.2 Å². The molecule has 0 unspecified atom stereocenters. The van der Waals surface area contributed by atoms with Gasteiger partial charge in [-0.3, -0.25) is 4.79 Å². The molecular formula is C14H20ClFN2O2. The number of carbonyl (C=O) groups excluding carboxylic acids is 1. The molecule has 1 amide bonds. The molecule has 0 aromatic heterocycles. The van der Waals surface area contributed by atoms with Crippen LogP contribution in [-0.2, 0) is 4.79 Å². The van der Waals surface area contributed by atoms with Crippen molar-refractivity contribution in [1.29, 1.82) is 0 Å². The highest BCUT2D eigenvalue weighted by Crippen LogP contribution is 2.17. The Morgan fingerprint density at radius 2 is 1.95 bits per heavy atom. The van der Waals surface area contributed by atoms with Crippen LogP contribution in [0.3, 0.4) is 0 Å². The number of nitrogens with one attached hydrogen (secondary N) is 1. The van der Waals surface area contributed by atoms with E-state index in [1.165, 1.54) is 12.1 Å². The van der Waals surface area contributed by atoms with Gasteiger partial charge in [0.05, 0.1) is 0 Å². The number of para-hydroxylation sites is 1. The zero-order valence-electron chi connectivity index (χ0n) is 11.2. The molecule has 0 heterocycles. The SMILES string of the molecule is Cl.NC1CCC(NC(=O)COc2ccccc2F)CC1. The first-order valence-corrected chi connectivity index (χ1v) is 6.57. The first-order chi connectivity index (χ1) is 9.15. The van der Waals surface area contributed by atoms with Crippen molar-refractivity contribution in [3.8, 4) is 5.75 Å². The number of amides is 1. The first-order valence-electron chi connectivity index (χ1n) is 6.57. The quantitative estimate of drug-likeness (QED) is 0.894. The standard InChI is InChI=1S/C14H19FN2O2.ClH/c15-12-3-1-2-4-13(12)19-9-14(18)17-11-7-5-10(16)6-8-11;/h1-4,10-11H,5-9,16H2,(H,17,18);1H. The molecule has 20 heavy (non-hydrogen) atoms. The maximum Gasteiger partial charge on any atom is 0.258 e. The predicted octanol–water partition coefficient (Wildman–Crippen LogP) is 2.01. The van der Waals surface area contributed by atoms with E-state index in [2.05, 4.69) is 5.32 Å². The lowest BCUT2D eigenvalue weighted by molar-refractivity contribution is -0.124. The zero-order valence-corrected chi connectivity index (χ0v) is 12.0. The van der Waals surface area contributed by atoms with Crippen molar-refractivity contribution >= 4 is 18.3 Å². The summed E-state index contributed by atoms with van der Waals surface area (Å²) in [6.07, 6.45) is 3.65. The van der Waals surface area contributed by atoms with Crippen LogP contribution >= 0.6 is 12.4 Å². The monoisotopic (exact) mass is 302 g/mol. The Morgan fingerprint density at radius 3 is 2.60 bits per heavy atom. The minimum Gasteiger partial charge on any atom is -0.481 e. The summed E-state index contributed by atoms with van der Waals surface area (Å²) < 4.78 is 18.4. The highest BCUT2D eigenvalue weighted by molar-refractivity contribution is 5.85. The van der Waals surface area contributed by atoms with Crippen molar-refractivity contribution in [2.75, 3.05) is 6.61 Å². The number of nitrogens with two attached hydrogens (primary N) is 1. The normalized spacial score (nSPS) is 21.7. The fourth-order valence-electron chi connectivity index (χ4n) is 2.24. The van der Waals surface area contributed by atoms with Crippen molar-refractivity contribution in [3.05, 3.63) is 30.1 Å². The molecule has 1 fully saturated rings. The number of hydrogen-bond acceptors (Lipinski definition) is 3. The van der Waals surface area contributed by atoms with Gasteiger partial charge in [0, 0.05) is 12.1 Å². The third-order valence-electron chi connectivity index (χ3n) is 3.33. The fourth-order valence-corrected chi connectivity index (χ4v) is 2.24. The molecule has 0 aliphatic heterocycles. The molecule has 112 valence electrons. The number of halogens is 2. The second kappa shape index (κ2) is 8.07. The number of ether oxygens (including phenoxy) is 1. The van der Waals surface area contributed by atoms with Crippen LogP contribution in [0, 0.1) is 5.82 Å². The minimum atomic E-state index is -0.459. The molecule has 1 aromatic carbocycles. The van der Waals surface area contributed by atoms with Crippen LogP contribution < -0.4 is 15.8 Å². The Labute approximate surface area is 124 Å². The largest absolute Gasteiger partial charge is 0.481 e. The van der Waals surface area contributed by atoms with E-state index < -0.39 is 5.82 Å². The summed E-state index contributed by atoms with van der Waals surface area (Å²) in [6, 6.07) is 6.46. The Bertz CT molecular complexity index is 437. The van der Waals surface area contributed by atoms with E-state index in [1.54, 1.807) is 12.1 Å². The number of benzene rings is 1. The molecule has 1 aliphatic rings. The van der Waals surface area contributed by atoms with Gasteiger partial charge in [-0.2, -0.15) is 0 Å². The molecule has 1 saturated carbocycles. The molecule has 3 N–H and O–H groups in total. The number of rotatable bonds is 4. The van der Waals surface area contributed by atoms with Crippen LogP contribution in [0.5, 0.6) is 5.75 Å². The highest BCUT2D eigenvalue weighted by Gasteiger charge is 2.20. The topological polar surface area (TPSA) is 64.3 Å².